The lowest BCUT2D eigenvalue weighted by Gasteiger charge is -2.05. The van der Waals surface area contributed by atoms with Crippen LogP contribution in [0.1, 0.15) is 26.2 Å². The molecule has 2 aromatic rings. The summed E-state index contributed by atoms with van der Waals surface area (Å²) < 4.78 is 2.78. The van der Waals surface area contributed by atoms with Crippen LogP contribution in [0.2, 0.25) is 0 Å². The second-order valence-corrected chi connectivity index (χ2v) is 4.45. The first-order valence-electron chi connectivity index (χ1n) is 6.34. The molecule has 0 radical (unpaired) electrons. The third-order valence-electron chi connectivity index (χ3n) is 3.11. The molecule has 2 heterocycles. The molecule has 0 atom stereocenters. The van der Waals surface area contributed by atoms with E-state index in [1.54, 1.807) is 4.57 Å². The summed E-state index contributed by atoms with van der Waals surface area (Å²) in [5, 5.41) is 3.50. The van der Waals surface area contributed by atoms with Crippen LogP contribution >= 0.6 is 0 Å². The topological polar surface area (TPSA) is 121 Å². The van der Waals surface area contributed by atoms with Crippen molar-refractivity contribution in [3.63, 3.8) is 0 Å². The minimum absolute atomic E-state index is 0.102. The van der Waals surface area contributed by atoms with Crippen LogP contribution in [0.25, 0.3) is 21.6 Å². The lowest BCUT2D eigenvalue weighted by Crippen LogP contribution is -2.29. The van der Waals surface area contributed by atoms with Crippen LogP contribution in [0.3, 0.4) is 0 Å². The van der Waals surface area contributed by atoms with Crippen molar-refractivity contribution in [3.05, 3.63) is 31.3 Å². The number of nitrogens with zero attached hydrogens (tertiary/aromatic N) is 6. The Labute approximate surface area is 113 Å². The number of imidazole rings is 1. The number of fused-ring (bicyclic) bond motifs is 1. The molecule has 0 saturated heterocycles. The van der Waals surface area contributed by atoms with Gasteiger partial charge in [-0.15, -0.1) is 0 Å². The van der Waals surface area contributed by atoms with Crippen LogP contribution in [0.5, 0.6) is 0 Å². The van der Waals surface area contributed by atoms with Gasteiger partial charge in [0.05, 0.1) is 0 Å². The number of unbranched alkanes of at least 4 members (excludes halogenated alkanes) is 2. The molecule has 0 fully saturated rings. The van der Waals surface area contributed by atoms with E-state index in [1.807, 2.05) is 0 Å². The second-order valence-electron chi connectivity index (χ2n) is 4.45. The van der Waals surface area contributed by atoms with Gasteiger partial charge in [-0.05, 0) is 17.1 Å². The summed E-state index contributed by atoms with van der Waals surface area (Å²) in [6.45, 7) is 2.58. The number of hydrogen-bond donors (Lipinski definition) is 1. The van der Waals surface area contributed by atoms with E-state index in [0.29, 0.717) is 6.54 Å². The standard InChI is InChI=1S/C11H15N7O2/c1-3-4-5-6-18-7-8(13-10(18)15-16-12)17(2)11(20)14-9(7)19/h3-6H2,1-2H3,(H,14,19,20). The predicted molar refractivity (Wildman–Crippen MR) is 73.9 cm³/mol. The van der Waals surface area contributed by atoms with Crippen LogP contribution in [0.4, 0.5) is 5.95 Å². The molecule has 0 unspecified atom stereocenters. The Morgan fingerprint density at radius 2 is 2.15 bits per heavy atom. The van der Waals surface area contributed by atoms with Crippen molar-refractivity contribution in [2.45, 2.75) is 32.7 Å². The quantitative estimate of drug-likeness (QED) is 0.386. The first-order valence-corrected chi connectivity index (χ1v) is 6.34. The lowest BCUT2D eigenvalue weighted by molar-refractivity contribution is 0.614. The second kappa shape index (κ2) is 5.62. The maximum atomic E-state index is 12.0. The molecule has 1 N–H and O–H groups in total. The van der Waals surface area contributed by atoms with Gasteiger partial charge in [-0.3, -0.25) is 14.3 Å². The molecule has 0 aliphatic carbocycles. The first kappa shape index (κ1) is 13.9. The van der Waals surface area contributed by atoms with Crippen molar-refractivity contribution in [3.8, 4) is 0 Å². The molecule has 9 nitrogen and oxygen atoms in total. The molecular formula is C11H15N7O2. The number of aromatic nitrogens is 4. The Balaban J connectivity index is 2.71. The minimum Gasteiger partial charge on any atom is -0.317 e. The Morgan fingerprint density at radius 3 is 2.80 bits per heavy atom. The number of rotatable bonds is 5. The van der Waals surface area contributed by atoms with Crippen LogP contribution in [0, 0.1) is 0 Å². The average molecular weight is 277 g/mol. The largest absolute Gasteiger partial charge is 0.329 e. The third-order valence-corrected chi connectivity index (χ3v) is 3.11. The minimum atomic E-state index is -0.548. The predicted octanol–water partition coefficient (Wildman–Crippen LogP) is 1.56. The monoisotopic (exact) mass is 277 g/mol. The van der Waals surface area contributed by atoms with Crippen molar-refractivity contribution in [1.29, 1.82) is 0 Å². The Morgan fingerprint density at radius 1 is 1.40 bits per heavy atom. The molecule has 9 heteroatoms. The molecule has 0 bridgehead atoms. The van der Waals surface area contributed by atoms with E-state index in [-0.39, 0.29) is 17.1 Å². The van der Waals surface area contributed by atoms with Gasteiger partial charge in [0, 0.05) is 18.5 Å². The maximum absolute atomic E-state index is 12.0. The van der Waals surface area contributed by atoms with Gasteiger partial charge >= 0.3 is 5.69 Å². The molecule has 106 valence electrons. The van der Waals surface area contributed by atoms with Crippen LogP contribution < -0.4 is 11.2 Å². The first-order chi connectivity index (χ1) is 9.60. The summed E-state index contributed by atoms with van der Waals surface area (Å²) in [6, 6.07) is 0. The number of azide groups is 1. The maximum Gasteiger partial charge on any atom is 0.329 e. The molecule has 0 amide bonds. The fraction of sp³-hybridized carbons (Fsp3) is 0.545. The number of nitrogens with one attached hydrogen (secondary N) is 1. The van der Waals surface area contributed by atoms with Crippen LogP contribution in [-0.4, -0.2) is 19.1 Å². The Hall–Kier alpha value is -2.54. The number of aryl methyl sites for hydroxylation is 2. The highest BCUT2D eigenvalue weighted by Gasteiger charge is 2.15. The van der Waals surface area contributed by atoms with Crippen LogP contribution in [-0.2, 0) is 13.6 Å². The molecule has 2 rings (SSSR count). The average Bonchev–Trinajstić information content (AvgIpc) is 2.77. The molecule has 0 spiro atoms. The zero-order valence-corrected chi connectivity index (χ0v) is 11.3. The zero-order valence-electron chi connectivity index (χ0n) is 11.3. The van der Waals surface area contributed by atoms with Crippen molar-refractivity contribution in [1.82, 2.24) is 19.1 Å². The normalized spacial score (nSPS) is 10.7. The van der Waals surface area contributed by atoms with E-state index in [9.17, 15) is 9.59 Å². The van der Waals surface area contributed by atoms with E-state index in [1.165, 1.54) is 11.6 Å². The van der Waals surface area contributed by atoms with Crippen LogP contribution in [0.15, 0.2) is 14.7 Å². The highest BCUT2D eigenvalue weighted by molar-refractivity contribution is 5.73. The van der Waals surface area contributed by atoms with Gasteiger partial charge in [0.2, 0.25) is 0 Å². The van der Waals surface area contributed by atoms with E-state index < -0.39 is 11.2 Å². The van der Waals surface area contributed by atoms with Crippen molar-refractivity contribution >= 4 is 17.1 Å². The highest BCUT2D eigenvalue weighted by atomic mass is 16.2. The fourth-order valence-corrected chi connectivity index (χ4v) is 2.07. The zero-order chi connectivity index (χ0) is 14.7. The van der Waals surface area contributed by atoms with E-state index in [0.717, 1.165) is 19.3 Å². The molecule has 2 aromatic heterocycles. The van der Waals surface area contributed by atoms with E-state index >= 15 is 0 Å². The number of hydrogen-bond acceptors (Lipinski definition) is 4. The molecule has 20 heavy (non-hydrogen) atoms. The van der Waals surface area contributed by atoms with Gasteiger partial charge in [-0.25, -0.2) is 9.78 Å². The molecule has 0 aromatic carbocycles. The Kier molecular flexibility index (Phi) is 3.90. The number of H-pyrrole nitrogens is 1. The van der Waals surface area contributed by atoms with E-state index in [4.69, 9.17) is 5.53 Å². The van der Waals surface area contributed by atoms with Gasteiger partial charge in [-0.2, -0.15) is 0 Å². The van der Waals surface area contributed by atoms with E-state index in [2.05, 4.69) is 26.9 Å². The lowest BCUT2D eigenvalue weighted by atomic mass is 10.2. The summed E-state index contributed by atoms with van der Waals surface area (Å²) in [5.74, 6) is 0.102. The smallest absolute Gasteiger partial charge is 0.317 e. The third kappa shape index (κ3) is 2.30. The summed E-state index contributed by atoms with van der Waals surface area (Å²) >= 11 is 0. The van der Waals surface area contributed by atoms with Gasteiger partial charge in [0.15, 0.2) is 17.1 Å². The number of aromatic amines is 1. The molecular weight excluding hydrogens is 262 g/mol. The van der Waals surface area contributed by atoms with Gasteiger partial charge < -0.3 is 4.57 Å². The summed E-state index contributed by atoms with van der Waals surface area (Å²) in [6.07, 6.45) is 2.84. The Bertz CT molecular complexity index is 791. The molecule has 0 aliphatic heterocycles. The molecule has 0 saturated carbocycles. The highest BCUT2D eigenvalue weighted by Crippen LogP contribution is 2.19. The fourth-order valence-electron chi connectivity index (χ4n) is 2.07. The van der Waals surface area contributed by atoms with Crippen molar-refractivity contribution in [2.75, 3.05) is 0 Å². The summed E-state index contributed by atoms with van der Waals surface area (Å²) in [5.41, 5.74) is 7.99. The molecule has 0 aliphatic rings. The van der Waals surface area contributed by atoms with Gasteiger partial charge in [0.25, 0.3) is 5.56 Å². The van der Waals surface area contributed by atoms with Gasteiger partial charge in [0.1, 0.15) is 0 Å². The SMILES string of the molecule is CCCCCn1c(N=[N+]=[N-])nc2c1c(=O)[nH]c(=O)n2C. The summed E-state index contributed by atoms with van der Waals surface area (Å²) in [7, 11) is 1.50. The summed E-state index contributed by atoms with van der Waals surface area (Å²) in [4.78, 5) is 32.5. The van der Waals surface area contributed by atoms with Crippen molar-refractivity contribution in [2.24, 2.45) is 12.2 Å². The van der Waals surface area contributed by atoms with Gasteiger partial charge in [-0.1, -0.05) is 19.8 Å². The van der Waals surface area contributed by atoms with Crippen molar-refractivity contribution < 1.29 is 0 Å².